The van der Waals surface area contributed by atoms with Crippen LogP contribution >= 0.6 is 23.2 Å². The topological polar surface area (TPSA) is 136 Å². The van der Waals surface area contributed by atoms with Gasteiger partial charge in [-0.1, -0.05) is 35.3 Å². The van der Waals surface area contributed by atoms with Gasteiger partial charge < -0.3 is 10.8 Å². The van der Waals surface area contributed by atoms with Crippen LogP contribution in [0.1, 0.15) is 0 Å². The molecular formula is C19H15Cl2FN6O3S. The first-order valence-corrected chi connectivity index (χ1v) is 11.3. The zero-order valence-corrected chi connectivity index (χ0v) is 18.5. The van der Waals surface area contributed by atoms with E-state index in [4.69, 9.17) is 28.9 Å². The van der Waals surface area contributed by atoms with Crippen LogP contribution in [-0.4, -0.2) is 39.9 Å². The Hall–Kier alpha value is -2.99. The second-order valence-corrected chi connectivity index (χ2v) is 9.04. The molecule has 0 fully saturated rings. The first-order chi connectivity index (χ1) is 15.2. The van der Waals surface area contributed by atoms with Crippen LogP contribution in [0.4, 0.5) is 15.9 Å². The maximum atomic E-state index is 14.9. The Morgan fingerprint density at radius 1 is 1.19 bits per heavy atom. The van der Waals surface area contributed by atoms with Gasteiger partial charge in [-0.25, -0.2) is 27.5 Å². The zero-order valence-electron chi connectivity index (χ0n) is 16.1. The third-order valence-corrected chi connectivity index (χ3v) is 6.90. The summed E-state index contributed by atoms with van der Waals surface area (Å²) in [6.45, 7) is -0.0466. The number of nitrogens with two attached hydrogens (primary N) is 1. The number of nitrogen functional groups attached to an aromatic ring is 1. The smallest absolute Gasteiger partial charge is 0.263 e. The zero-order chi connectivity index (χ0) is 23.0. The number of rotatable bonds is 6. The second-order valence-electron chi connectivity index (χ2n) is 6.60. The molecule has 0 saturated heterocycles. The van der Waals surface area contributed by atoms with Crippen molar-refractivity contribution in [1.29, 1.82) is 0 Å². The fourth-order valence-electron chi connectivity index (χ4n) is 3.12. The number of nitrogens with one attached hydrogen (secondary N) is 1. The third kappa shape index (κ3) is 3.95. The number of aliphatic hydroxyl groups is 1. The number of halogens is 3. The second kappa shape index (κ2) is 8.51. The molecule has 0 amide bonds. The predicted octanol–water partition coefficient (Wildman–Crippen LogP) is 3.31. The van der Waals surface area contributed by atoms with Crippen molar-refractivity contribution in [3.8, 4) is 11.3 Å². The van der Waals surface area contributed by atoms with Gasteiger partial charge in [0.25, 0.3) is 10.0 Å². The van der Waals surface area contributed by atoms with Crippen LogP contribution in [0.25, 0.3) is 22.3 Å². The molecule has 32 heavy (non-hydrogen) atoms. The molecule has 13 heteroatoms. The Balaban J connectivity index is 1.74. The summed E-state index contributed by atoms with van der Waals surface area (Å²) in [6.07, 6.45) is 1.26. The molecule has 0 atom stereocenters. The molecule has 0 radical (unpaired) electrons. The summed E-state index contributed by atoms with van der Waals surface area (Å²) in [5, 5.41) is 13.9. The van der Waals surface area contributed by atoms with Gasteiger partial charge in [0.1, 0.15) is 28.6 Å². The molecule has 4 aromatic rings. The summed E-state index contributed by atoms with van der Waals surface area (Å²) in [4.78, 5) is 7.80. The molecule has 0 aliphatic carbocycles. The number of hydrogen-bond donors (Lipinski definition) is 3. The lowest BCUT2D eigenvalue weighted by molar-refractivity contribution is 0.271. The van der Waals surface area contributed by atoms with Crippen molar-refractivity contribution in [2.75, 3.05) is 17.1 Å². The molecule has 2 aromatic heterocycles. The molecule has 0 aliphatic rings. The van der Waals surface area contributed by atoms with Gasteiger partial charge >= 0.3 is 0 Å². The summed E-state index contributed by atoms with van der Waals surface area (Å²) in [7, 11) is -4.21. The Labute approximate surface area is 191 Å². The van der Waals surface area contributed by atoms with E-state index in [0.717, 1.165) is 6.07 Å². The van der Waals surface area contributed by atoms with Crippen LogP contribution in [0.3, 0.4) is 0 Å². The lowest BCUT2D eigenvalue weighted by atomic mass is 10.1. The number of sulfonamides is 1. The highest BCUT2D eigenvalue weighted by molar-refractivity contribution is 7.92. The molecule has 2 aromatic carbocycles. The number of benzene rings is 2. The fraction of sp³-hybridized carbons (Fsp3) is 0.105. The monoisotopic (exact) mass is 496 g/mol. The number of hydrogen-bond acceptors (Lipinski definition) is 7. The molecule has 166 valence electrons. The van der Waals surface area contributed by atoms with Crippen molar-refractivity contribution in [3.05, 3.63) is 58.6 Å². The molecule has 0 aliphatic heterocycles. The highest BCUT2D eigenvalue weighted by Gasteiger charge is 2.22. The summed E-state index contributed by atoms with van der Waals surface area (Å²) in [6, 6.07) is 7.94. The molecule has 2 heterocycles. The Morgan fingerprint density at radius 2 is 1.97 bits per heavy atom. The predicted molar refractivity (Wildman–Crippen MR) is 119 cm³/mol. The van der Waals surface area contributed by atoms with Gasteiger partial charge in [0.15, 0.2) is 5.65 Å². The standard InChI is InChI=1S/C19H15Cl2FN6O3S/c20-11-2-1-3-14(16(11)21)32(30,31)27-13-5-4-10(8-12(13)22)17-15-18(23)24-9-25-19(15)28(26-17)6-7-29/h1-5,8-9,27,29H,6-7H2,(H2,23,24,25). The van der Waals surface area contributed by atoms with E-state index in [9.17, 15) is 17.9 Å². The molecular weight excluding hydrogens is 482 g/mol. The van der Waals surface area contributed by atoms with Gasteiger partial charge in [0, 0.05) is 5.56 Å². The lowest BCUT2D eigenvalue weighted by Gasteiger charge is -2.11. The molecule has 4 N–H and O–H groups in total. The molecule has 9 nitrogen and oxygen atoms in total. The summed E-state index contributed by atoms with van der Waals surface area (Å²) >= 11 is 11.9. The Morgan fingerprint density at radius 3 is 2.69 bits per heavy atom. The highest BCUT2D eigenvalue weighted by atomic mass is 35.5. The van der Waals surface area contributed by atoms with Crippen molar-refractivity contribution >= 4 is 55.8 Å². The normalized spacial score (nSPS) is 11.8. The Bertz CT molecular complexity index is 1440. The van der Waals surface area contributed by atoms with Crippen molar-refractivity contribution in [2.45, 2.75) is 11.4 Å². The van der Waals surface area contributed by atoms with Crippen molar-refractivity contribution in [3.63, 3.8) is 0 Å². The van der Waals surface area contributed by atoms with E-state index < -0.39 is 15.8 Å². The third-order valence-electron chi connectivity index (χ3n) is 4.56. The van der Waals surface area contributed by atoms with E-state index >= 15 is 0 Å². The summed E-state index contributed by atoms with van der Waals surface area (Å²) in [5.41, 5.74) is 6.65. The minimum absolute atomic E-state index is 0.0514. The van der Waals surface area contributed by atoms with E-state index in [1.165, 1.54) is 41.3 Å². The average molecular weight is 497 g/mol. The average Bonchev–Trinajstić information content (AvgIpc) is 3.11. The maximum Gasteiger partial charge on any atom is 0.263 e. The summed E-state index contributed by atoms with van der Waals surface area (Å²) in [5.74, 6) is -0.723. The number of fused-ring (bicyclic) bond motifs is 1. The van der Waals surface area contributed by atoms with Gasteiger partial charge in [0.2, 0.25) is 0 Å². The number of aliphatic hydroxyl groups excluding tert-OH is 1. The molecule has 0 spiro atoms. The van der Waals surface area contributed by atoms with Crippen LogP contribution in [0.5, 0.6) is 0 Å². The first-order valence-electron chi connectivity index (χ1n) is 9.07. The highest BCUT2D eigenvalue weighted by Crippen LogP contribution is 2.34. The van der Waals surface area contributed by atoms with Crippen LogP contribution < -0.4 is 10.5 Å². The largest absolute Gasteiger partial charge is 0.394 e. The minimum atomic E-state index is -4.21. The minimum Gasteiger partial charge on any atom is -0.394 e. The van der Waals surface area contributed by atoms with Crippen LogP contribution in [0.2, 0.25) is 10.0 Å². The van der Waals surface area contributed by atoms with Gasteiger partial charge in [-0.05, 0) is 24.3 Å². The van der Waals surface area contributed by atoms with Crippen molar-refractivity contribution in [2.24, 2.45) is 0 Å². The first kappa shape index (κ1) is 22.2. The molecule has 4 rings (SSSR count). The van der Waals surface area contributed by atoms with Crippen molar-refractivity contribution < 1.29 is 17.9 Å². The quantitative estimate of drug-likeness (QED) is 0.372. The van der Waals surface area contributed by atoms with Gasteiger partial charge in [0.05, 0.1) is 34.3 Å². The SMILES string of the molecule is Nc1ncnc2c1c(-c1ccc(NS(=O)(=O)c3cccc(Cl)c3Cl)c(F)c1)nn2CCO. The lowest BCUT2D eigenvalue weighted by Crippen LogP contribution is -2.14. The van der Waals surface area contributed by atoms with Gasteiger partial charge in [-0.15, -0.1) is 0 Å². The fourth-order valence-corrected chi connectivity index (χ4v) is 4.95. The van der Waals surface area contributed by atoms with Crippen LogP contribution in [-0.2, 0) is 16.6 Å². The van der Waals surface area contributed by atoms with E-state index in [0.29, 0.717) is 16.6 Å². The number of nitrogens with zero attached hydrogens (tertiary/aromatic N) is 4. The van der Waals surface area contributed by atoms with Crippen molar-refractivity contribution in [1.82, 2.24) is 19.7 Å². The van der Waals surface area contributed by atoms with E-state index in [2.05, 4.69) is 19.8 Å². The van der Waals surface area contributed by atoms with Gasteiger partial charge in [-0.3, -0.25) is 4.72 Å². The molecule has 0 bridgehead atoms. The number of aromatic nitrogens is 4. The summed E-state index contributed by atoms with van der Waals surface area (Å²) < 4.78 is 43.9. The molecule has 0 unspecified atom stereocenters. The van der Waals surface area contributed by atoms with Crippen LogP contribution in [0.15, 0.2) is 47.6 Å². The molecule has 0 saturated carbocycles. The van der Waals surface area contributed by atoms with E-state index in [1.54, 1.807) is 0 Å². The maximum absolute atomic E-state index is 14.9. The van der Waals surface area contributed by atoms with Gasteiger partial charge in [-0.2, -0.15) is 5.10 Å². The Kier molecular flexibility index (Phi) is 5.91. The number of anilines is 2. The van der Waals surface area contributed by atoms with Crippen LogP contribution in [0, 0.1) is 5.82 Å². The van der Waals surface area contributed by atoms with E-state index in [-0.39, 0.29) is 45.3 Å². The van der Waals surface area contributed by atoms with E-state index in [1.807, 2.05) is 0 Å².